The Kier molecular flexibility index (Phi) is 3.15. The van der Waals surface area contributed by atoms with Crippen LogP contribution in [0.5, 0.6) is 0 Å². The molecule has 0 aliphatic carbocycles. The fourth-order valence-electron chi connectivity index (χ4n) is 1.59. The normalized spacial score (nSPS) is 20.2. The van der Waals surface area contributed by atoms with Crippen LogP contribution in [0.2, 0.25) is 0 Å². The van der Waals surface area contributed by atoms with E-state index in [1.807, 2.05) is 0 Å². The monoisotopic (exact) mass is 227 g/mol. The van der Waals surface area contributed by atoms with Crippen LogP contribution in [-0.4, -0.2) is 6.04 Å². The Labute approximate surface area is 83.9 Å². The molecule has 0 aromatic heterocycles. The van der Waals surface area contributed by atoms with Crippen LogP contribution >= 0.6 is 17.0 Å². The van der Waals surface area contributed by atoms with Crippen LogP contribution in [0.3, 0.4) is 0 Å². The minimum Gasteiger partial charge on any atom is -0.382 e. The van der Waals surface area contributed by atoms with Gasteiger partial charge in [-0.05, 0) is 31.4 Å². The highest BCUT2D eigenvalue weighted by Gasteiger charge is 2.11. The molecule has 0 bridgehead atoms. The molecule has 1 aliphatic heterocycles. The average Bonchev–Trinajstić information content (AvgIpc) is 2.04. The Morgan fingerprint density at radius 3 is 2.92 bits per heavy atom. The summed E-state index contributed by atoms with van der Waals surface area (Å²) in [6, 6.07) is 9.20. The predicted octanol–water partition coefficient (Wildman–Crippen LogP) is 3.01. The molecule has 2 rings (SSSR count). The summed E-state index contributed by atoms with van der Waals surface area (Å²) in [6.07, 6.45) is 2.49. The molecule has 1 N–H and O–H groups in total. The number of halogens is 1. The first-order valence-electron chi connectivity index (χ1n) is 4.21. The molecule has 0 radical (unpaired) electrons. The number of rotatable bonds is 0. The fourth-order valence-corrected chi connectivity index (χ4v) is 1.59. The zero-order valence-corrected chi connectivity index (χ0v) is 8.92. The summed E-state index contributed by atoms with van der Waals surface area (Å²) < 4.78 is 0. The molecule has 66 valence electrons. The van der Waals surface area contributed by atoms with Crippen molar-refractivity contribution in [3.05, 3.63) is 29.8 Å². The van der Waals surface area contributed by atoms with Crippen molar-refractivity contribution >= 4 is 22.7 Å². The largest absolute Gasteiger partial charge is 0.382 e. The Morgan fingerprint density at radius 1 is 1.33 bits per heavy atom. The maximum absolute atomic E-state index is 3.46. The smallest absolute Gasteiger partial charge is 0.0374 e. The first-order valence-corrected chi connectivity index (χ1v) is 4.21. The first-order chi connectivity index (χ1) is 5.36. The Balaban J connectivity index is 0.000000720. The van der Waals surface area contributed by atoms with Crippen molar-refractivity contribution in [1.82, 2.24) is 0 Å². The molecule has 0 fully saturated rings. The fraction of sp³-hybridized carbons (Fsp3) is 0.400. The number of fused-ring (bicyclic) bond motifs is 1. The number of aryl methyl sites for hydroxylation is 1. The van der Waals surface area contributed by atoms with Crippen LogP contribution in [0.1, 0.15) is 18.9 Å². The zero-order chi connectivity index (χ0) is 7.68. The summed E-state index contributed by atoms with van der Waals surface area (Å²) in [5, 5.41) is 3.46. The molecule has 1 nitrogen and oxygen atoms in total. The van der Waals surface area contributed by atoms with E-state index >= 15 is 0 Å². The van der Waals surface area contributed by atoms with Crippen LogP contribution in [-0.2, 0) is 6.42 Å². The van der Waals surface area contributed by atoms with Crippen LogP contribution in [0.15, 0.2) is 24.3 Å². The Morgan fingerprint density at radius 2 is 2.08 bits per heavy atom. The van der Waals surface area contributed by atoms with Gasteiger partial charge in [0.1, 0.15) is 0 Å². The maximum atomic E-state index is 3.46. The summed E-state index contributed by atoms with van der Waals surface area (Å²) in [6.45, 7) is 2.23. The van der Waals surface area contributed by atoms with Gasteiger partial charge in [-0.3, -0.25) is 0 Å². The summed E-state index contributed by atoms with van der Waals surface area (Å²) >= 11 is 0. The maximum Gasteiger partial charge on any atom is 0.0374 e. The first kappa shape index (κ1) is 9.59. The van der Waals surface area contributed by atoms with Crippen LogP contribution in [0.4, 0.5) is 5.69 Å². The van der Waals surface area contributed by atoms with Crippen molar-refractivity contribution in [3.8, 4) is 0 Å². The number of nitrogens with one attached hydrogen (secondary N) is 1. The molecule has 0 saturated heterocycles. The van der Waals surface area contributed by atoms with Crippen molar-refractivity contribution in [2.24, 2.45) is 0 Å². The van der Waals surface area contributed by atoms with E-state index in [-0.39, 0.29) is 17.0 Å². The third-order valence-corrected chi connectivity index (χ3v) is 2.27. The van der Waals surface area contributed by atoms with Crippen molar-refractivity contribution in [3.63, 3.8) is 0 Å². The van der Waals surface area contributed by atoms with E-state index < -0.39 is 0 Å². The van der Waals surface area contributed by atoms with E-state index in [2.05, 4.69) is 36.5 Å². The molecule has 12 heavy (non-hydrogen) atoms. The van der Waals surface area contributed by atoms with Crippen LogP contribution in [0, 0.1) is 0 Å². The topological polar surface area (TPSA) is 12.0 Å². The lowest BCUT2D eigenvalue weighted by molar-refractivity contribution is 0.681. The van der Waals surface area contributed by atoms with Gasteiger partial charge in [-0.2, -0.15) is 0 Å². The van der Waals surface area contributed by atoms with Gasteiger partial charge in [0, 0.05) is 11.7 Å². The lowest BCUT2D eigenvalue weighted by Gasteiger charge is -2.23. The van der Waals surface area contributed by atoms with Crippen molar-refractivity contribution in [2.45, 2.75) is 25.8 Å². The molecular formula is C10H14BrN. The number of anilines is 1. The summed E-state index contributed by atoms with van der Waals surface area (Å²) in [7, 11) is 0. The third kappa shape index (κ3) is 1.81. The number of hydrogen-bond acceptors (Lipinski definition) is 1. The second-order valence-electron chi connectivity index (χ2n) is 3.24. The van der Waals surface area contributed by atoms with Gasteiger partial charge in [0.2, 0.25) is 0 Å². The molecule has 2 heteroatoms. The molecule has 1 heterocycles. The molecule has 0 spiro atoms. The van der Waals surface area contributed by atoms with Gasteiger partial charge >= 0.3 is 0 Å². The van der Waals surface area contributed by atoms with Crippen LogP contribution in [0.25, 0.3) is 0 Å². The number of benzene rings is 1. The number of hydrogen-bond donors (Lipinski definition) is 1. The summed E-state index contributed by atoms with van der Waals surface area (Å²) in [4.78, 5) is 0. The minimum atomic E-state index is 0. The lowest BCUT2D eigenvalue weighted by Crippen LogP contribution is -2.21. The van der Waals surface area contributed by atoms with Gasteiger partial charge in [-0.1, -0.05) is 18.2 Å². The van der Waals surface area contributed by atoms with Crippen molar-refractivity contribution in [2.75, 3.05) is 5.32 Å². The molecule has 1 atom stereocenters. The molecule has 1 aliphatic rings. The van der Waals surface area contributed by atoms with E-state index in [1.165, 1.54) is 24.1 Å². The van der Waals surface area contributed by atoms with E-state index in [0.717, 1.165) is 0 Å². The van der Waals surface area contributed by atoms with Crippen LogP contribution < -0.4 is 5.32 Å². The molecule has 0 amide bonds. The minimum absolute atomic E-state index is 0. The van der Waals surface area contributed by atoms with Gasteiger partial charge < -0.3 is 5.32 Å². The quantitative estimate of drug-likeness (QED) is 0.719. The Hall–Kier alpha value is -0.500. The lowest BCUT2D eigenvalue weighted by atomic mass is 9.99. The highest BCUT2D eigenvalue weighted by Crippen LogP contribution is 2.23. The van der Waals surface area contributed by atoms with E-state index in [4.69, 9.17) is 0 Å². The van der Waals surface area contributed by atoms with Gasteiger partial charge in [0.05, 0.1) is 0 Å². The predicted molar refractivity (Wildman–Crippen MR) is 58.2 cm³/mol. The third-order valence-electron chi connectivity index (χ3n) is 2.27. The van der Waals surface area contributed by atoms with Gasteiger partial charge in [-0.25, -0.2) is 0 Å². The SMILES string of the molecule is Br.CC1CCc2ccccc2N1. The van der Waals surface area contributed by atoms with E-state index in [1.54, 1.807) is 0 Å². The molecule has 1 aromatic carbocycles. The van der Waals surface area contributed by atoms with Gasteiger partial charge in [-0.15, -0.1) is 17.0 Å². The van der Waals surface area contributed by atoms with Crippen molar-refractivity contribution < 1.29 is 0 Å². The summed E-state index contributed by atoms with van der Waals surface area (Å²) in [5.41, 5.74) is 2.79. The van der Waals surface area contributed by atoms with Gasteiger partial charge in [0.25, 0.3) is 0 Å². The zero-order valence-electron chi connectivity index (χ0n) is 7.21. The Bertz CT molecular complexity index is 260. The summed E-state index contributed by atoms with van der Waals surface area (Å²) in [5.74, 6) is 0. The van der Waals surface area contributed by atoms with E-state index in [0.29, 0.717) is 6.04 Å². The molecule has 1 unspecified atom stereocenters. The molecular weight excluding hydrogens is 214 g/mol. The highest BCUT2D eigenvalue weighted by molar-refractivity contribution is 8.93. The number of para-hydroxylation sites is 1. The highest BCUT2D eigenvalue weighted by atomic mass is 79.9. The second-order valence-corrected chi connectivity index (χ2v) is 3.24. The van der Waals surface area contributed by atoms with Gasteiger partial charge in [0.15, 0.2) is 0 Å². The second kappa shape index (κ2) is 3.94. The molecule has 0 saturated carbocycles. The van der Waals surface area contributed by atoms with E-state index in [9.17, 15) is 0 Å². The average molecular weight is 228 g/mol. The molecule has 1 aromatic rings. The standard InChI is InChI=1S/C10H13N.BrH/c1-8-6-7-9-4-2-3-5-10(9)11-8;/h2-5,8,11H,6-7H2,1H3;1H. The van der Waals surface area contributed by atoms with Crippen molar-refractivity contribution in [1.29, 1.82) is 0 Å².